The summed E-state index contributed by atoms with van der Waals surface area (Å²) in [6.07, 6.45) is 0. The fraction of sp³-hybridized carbons (Fsp3) is 0.0588. The fourth-order valence-corrected chi connectivity index (χ4v) is 3.82. The zero-order valence-electron chi connectivity index (χ0n) is 13.8. The summed E-state index contributed by atoms with van der Waals surface area (Å²) >= 11 is 2.75. The third-order valence-corrected chi connectivity index (χ3v) is 5.32. The van der Waals surface area contributed by atoms with Crippen LogP contribution in [0.15, 0.2) is 62.1 Å². The van der Waals surface area contributed by atoms with E-state index in [4.69, 9.17) is 11.3 Å². The maximum Gasteiger partial charge on any atom is 0.270 e. The molecule has 0 bridgehead atoms. The SMILES string of the molecule is N#Cc1c(-c2cccs2)nc(SCc2cccc(C(=N)N=NN)c2)[nH]c1=O. The van der Waals surface area contributed by atoms with Gasteiger partial charge in [0.1, 0.15) is 17.3 Å². The molecule has 3 aromatic rings. The van der Waals surface area contributed by atoms with Crippen LogP contribution in [0.5, 0.6) is 0 Å². The molecule has 0 unspecified atom stereocenters. The van der Waals surface area contributed by atoms with E-state index >= 15 is 0 Å². The van der Waals surface area contributed by atoms with Crippen LogP contribution in [0, 0.1) is 16.7 Å². The zero-order chi connectivity index (χ0) is 19.2. The van der Waals surface area contributed by atoms with Crippen LogP contribution in [0.2, 0.25) is 0 Å². The Labute approximate surface area is 162 Å². The Bertz CT molecular complexity index is 1100. The van der Waals surface area contributed by atoms with Crippen LogP contribution >= 0.6 is 23.1 Å². The van der Waals surface area contributed by atoms with Gasteiger partial charge in [-0.1, -0.05) is 41.3 Å². The van der Waals surface area contributed by atoms with Gasteiger partial charge in [-0.3, -0.25) is 10.2 Å². The lowest BCUT2D eigenvalue weighted by Crippen LogP contribution is -2.14. The van der Waals surface area contributed by atoms with Crippen LogP contribution in [0.25, 0.3) is 10.6 Å². The van der Waals surface area contributed by atoms with E-state index in [1.54, 1.807) is 18.2 Å². The number of hydrogen-bond acceptors (Lipinski definition) is 7. The smallest absolute Gasteiger partial charge is 0.270 e. The van der Waals surface area contributed by atoms with Crippen LogP contribution in [0.1, 0.15) is 16.7 Å². The molecule has 0 aliphatic carbocycles. The number of nitriles is 1. The molecule has 0 spiro atoms. The van der Waals surface area contributed by atoms with Crippen molar-refractivity contribution in [1.29, 1.82) is 10.7 Å². The number of benzene rings is 1. The van der Waals surface area contributed by atoms with Gasteiger partial charge in [0, 0.05) is 11.3 Å². The molecular weight excluding hydrogens is 382 g/mol. The van der Waals surface area contributed by atoms with E-state index in [2.05, 4.69) is 20.3 Å². The van der Waals surface area contributed by atoms with Crippen LogP contribution in [0.4, 0.5) is 0 Å². The van der Waals surface area contributed by atoms with Gasteiger partial charge in [-0.15, -0.1) is 16.5 Å². The van der Waals surface area contributed by atoms with Gasteiger partial charge in [-0.2, -0.15) is 5.26 Å². The Balaban J connectivity index is 1.85. The first kappa shape index (κ1) is 18.5. The number of nitrogens with two attached hydrogens (primary N) is 1. The fourth-order valence-electron chi connectivity index (χ4n) is 2.29. The molecule has 0 aliphatic rings. The molecule has 1 aromatic carbocycles. The summed E-state index contributed by atoms with van der Waals surface area (Å²) in [6.45, 7) is 0. The number of H-pyrrole nitrogens is 1. The minimum absolute atomic E-state index is 0.00407. The molecule has 0 saturated heterocycles. The average Bonchev–Trinajstić information content (AvgIpc) is 3.21. The van der Waals surface area contributed by atoms with Gasteiger partial charge < -0.3 is 10.8 Å². The van der Waals surface area contributed by atoms with Crippen LogP contribution < -0.4 is 11.4 Å². The average molecular weight is 395 g/mol. The Morgan fingerprint density at radius 2 is 2.26 bits per heavy atom. The van der Waals surface area contributed by atoms with E-state index in [0.717, 1.165) is 10.4 Å². The molecule has 2 heterocycles. The second kappa shape index (κ2) is 8.39. The van der Waals surface area contributed by atoms with Crippen molar-refractivity contribution in [2.24, 2.45) is 16.2 Å². The zero-order valence-corrected chi connectivity index (χ0v) is 15.5. The van der Waals surface area contributed by atoms with Gasteiger partial charge in [-0.25, -0.2) is 4.98 Å². The summed E-state index contributed by atoms with van der Waals surface area (Å²) in [6, 6.07) is 12.8. The van der Waals surface area contributed by atoms with E-state index in [1.165, 1.54) is 23.1 Å². The number of thioether (sulfide) groups is 1. The van der Waals surface area contributed by atoms with E-state index in [1.807, 2.05) is 29.6 Å². The van der Waals surface area contributed by atoms with E-state index in [0.29, 0.717) is 22.2 Å². The highest BCUT2D eigenvalue weighted by Gasteiger charge is 2.14. The van der Waals surface area contributed by atoms with Crippen LogP contribution in [0.3, 0.4) is 0 Å². The summed E-state index contributed by atoms with van der Waals surface area (Å²) in [5.74, 6) is 5.46. The summed E-state index contributed by atoms with van der Waals surface area (Å²) < 4.78 is 0. The second-order valence-electron chi connectivity index (χ2n) is 5.24. The normalized spacial score (nSPS) is 10.8. The molecule has 10 heteroatoms. The number of amidine groups is 1. The number of aromatic amines is 1. The van der Waals surface area contributed by atoms with Crippen molar-refractivity contribution < 1.29 is 0 Å². The van der Waals surface area contributed by atoms with Crippen molar-refractivity contribution >= 4 is 28.9 Å². The monoisotopic (exact) mass is 395 g/mol. The Morgan fingerprint density at radius 1 is 1.41 bits per heavy atom. The largest absolute Gasteiger partial charge is 0.305 e. The van der Waals surface area contributed by atoms with Gasteiger partial charge in [0.2, 0.25) is 0 Å². The number of rotatable bonds is 5. The Morgan fingerprint density at radius 3 is 2.96 bits per heavy atom. The number of thiophene rings is 1. The van der Waals surface area contributed by atoms with E-state index in [9.17, 15) is 10.1 Å². The van der Waals surface area contributed by atoms with Gasteiger partial charge in [0.05, 0.1) is 4.88 Å². The number of aromatic nitrogens is 2. The maximum absolute atomic E-state index is 12.2. The van der Waals surface area contributed by atoms with Crippen molar-refractivity contribution in [1.82, 2.24) is 9.97 Å². The highest BCUT2D eigenvalue weighted by Crippen LogP contribution is 2.27. The molecule has 0 saturated carbocycles. The molecule has 8 nitrogen and oxygen atoms in total. The van der Waals surface area contributed by atoms with Crippen molar-refractivity contribution in [3.63, 3.8) is 0 Å². The maximum atomic E-state index is 12.2. The van der Waals surface area contributed by atoms with Crippen molar-refractivity contribution in [2.75, 3.05) is 0 Å². The highest BCUT2D eigenvalue weighted by molar-refractivity contribution is 7.98. The van der Waals surface area contributed by atoms with Crippen LogP contribution in [-0.2, 0) is 5.75 Å². The van der Waals surface area contributed by atoms with Gasteiger partial charge in [-0.05, 0) is 23.1 Å². The van der Waals surface area contributed by atoms with Gasteiger partial charge in [0.25, 0.3) is 5.56 Å². The molecule has 0 atom stereocenters. The topological polar surface area (TPSA) is 144 Å². The first-order valence-electron chi connectivity index (χ1n) is 7.62. The van der Waals surface area contributed by atoms with Crippen molar-refractivity contribution in [3.8, 4) is 16.6 Å². The molecule has 0 aliphatic heterocycles. The Kier molecular flexibility index (Phi) is 5.75. The van der Waals surface area contributed by atoms with E-state index in [-0.39, 0.29) is 11.4 Å². The molecular formula is C17H13N7OS2. The molecule has 0 amide bonds. The lowest BCUT2D eigenvalue weighted by Gasteiger charge is -2.06. The minimum atomic E-state index is -0.461. The predicted molar refractivity (Wildman–Crippen MR) is 105 cm³/mol. The number of nitrogens with one attached hydrogen (secondary N) is 2. The summed E-state index contributed by atoms with van der Waals surface area (Å²) in [5.41, 5.74) is 1.43. The molecule has 2 aromatic heterocycles. The molecule has 0 radical (unpaired) electrons. The third kappa shape index (κ3) is 4.28. The molecule has 4 N–H and O–H groups in total. The lowest BCUT2D eigenvalue weighted by molar-refractivity contribution is 0.936. The first-order chi connectivity index (χ1) is 13.1. The minimum Gasteiger partial charge on any atom is -0.305 e. The van der Waals surface area contributed by atoms with Crippen LogP contribution in [-0.4, -0.2) is 15.8 Å². The van der Waals surface area contributed by atoms with E-state index < -0.39 is 5.56 Å². The molecule has 27 heavy (non-hydrogen) atoms. The standard InChI is InChI=1S/C17H13N7OS2/c18-8-12-14(13-5-2-6-26-13)21-17(22-16(12)25)27-9-10-3-1-4-11(7-10)15(19)23-24-20/h1-7H,9H2,(H3,19,20,23)(H,21,22,25). The molecule has 0 fully saturated rings. The van der Waals surface area contributed by atoms with Gasteiger partial charge in [0.15, 0.2) is 11.0 Å². The number of hydrogen-bond donors (Lipinski definition) is 3. The first-order valence-corrected chi connectivity index (χ1v) is 9.48. The highest BCUT2D eigenvalue weighted by atomic mass is 32.2. The summed E-state index contributed by atoms with van der Waals surface area (Å²) in [7, 11) is 0. The molecule has 3 rings (SSSR count). The third-order valence-electron chi connectivity index (χ3n) is 3.50. The van der Waals surface area contributed by atoms with Crippen molar-refractivity contribution in [2.45, 2.75) is 10.9 Å². The second-order valence-corrected chi connectivity index (χ2v) is 7.15. The quantitative estimate of drug-likeness (QED) is 0.115. The summed E-state index contributed by atoms with van der Waals surface area (Å²) in [4.78, 5) is 20.1. The number of nitrogens with zero attached hydrogens (tertiary/aromatic N) is 4. The van der Waals surface area contributed by atoms with Crippen molar-refractivity contribution in [3.05, 3.63) is 68.8 Å². The van der Waals surface area contributed by atoms with Gasteiger partial charge >= 0.3 is 0 Å². The predicted octanol–water partition coefficient (Wildman–Crippen LogP) is 3.31. The Hall–Kier alpha value is -3.29. The summed E-state index contributed by atoms with van der Waals surface area (Å²) in [5, 5.41) is 26.0. The lowest BCUT2D eigenvalue weighted by atomic mass is 10.1. The molecule has 134 valence electrons.